The van der Waals surface area contributed by atoms with Crippen molar-refractivity contribution in [2.24, 2.45) is 0 Å². The Morgan fingerprint density at radius 2 is 1.00 bits per heavy atom. The van der Waals surface area contributed by atoms with E-state index in [1.165, 1.54) is 0 Å². The lowest BCUT2D eigenvalue weighted by molar-refractivity contribution is 0.415. The first-order valence-corrected chi connectivity index (χ1v) is 11.1. The van der Waals surface area contributed by atoms with Gasteiger partial charge in [0, 0.05) is 43.1 Å². The van der Waals surface area contributed by atoms with E-state index in [1.54, 1.807) is 20.3 Å². The molecule has 0 heterocycles. The van der Waals surface area contributed by atoms with Crippen LogP contribution in [0.15, 0.2) is 82.4 Å². The van der Waals surface area contributed by atoms with Crippen LogP contribution in [0.2, 0.25) is 0 Å². The average molecular weight is 442 g/mol. The minimum Gasteiger partial charge on any atom is -0.497 e. The minimum absolute atomic E-state index is 0.0171. The van der Waals surface area contributed by atoms with E-state index in [9.17, 15) is 9.59 Å². The highest BCUT2D eigenvalue weighted by atomic mass is 16.5. The van der Waals surface area contributed by atoms with E-state index >= 15 is 0 Å². The van der Waals surface area contributed by atoms with Gasteiger partial charge in [-0.15, -0.1) is 0 Å². The molecule has 0 radical (unpaired) electrons. The fraction of sp³-hybridized carbons (Fsp3) is 0.0667. The van der Waals surface area contributed by atoms with Crippen LogP contribution in [0.4, 0.5) is 0 Å². The molecule has 7 rings (SSSR count). The van der Waals surface area contributed by atoms with Crippen LogP contribution in [0.3, 0.4) is 0 Å². The van der Waals surface area contributed by atoms with Crippen LogP contribution in [0, 0.1) is 0 Å². The van der Waals surface area contributed by atoms with Gasteiger partial charge in [-0.2, -0.15) is 0 Å². The summed E-state index contributed by atoms with van der Waals surface area (Å²) in [6.07, 6.45) is 0. The molecule has 0 bridgehead atoms. The van der Waals surface area contributed by atoms with E-state index in [-0.39, 0.29) is 10.9 Å². The zero-order valence-electron chi connectivity index (χ0n) is 18.6. The van der Waals surface area contributed by atoms with Gasteiger partial charge in [0.2, 0.25) is 0 Å². The molecular weight excluding hydrogens is 424 g/mol. The summed E-state index contributed by atoms with van der Waals surface area (Å²) in [7, 11) is 3.22. The maximum atomic E-state index is 13.7. The van der Waals surface area contributed by atoms with E-state index < -0.39 is 0 Å². The monoisotopic (exact) mass is 442 g/mol. The number of rotatable bonds is 2. The molecule has 0 N–H and O–H groups in total. The Labute approximate surface area is 193 Å². The first-order chi connectivity index (χ1) is 16.6. The maximum absolute atomic E-state index is 13.7. The normalized spacial score (nSPS) is 12.1. The van der Waals surface area contributed by atoms with Crippen LogP contribution < -0.4 is 20.3 Å². The van der Waals surface area contributed by atoms with E-state index in [0.717, 1.165) is 43.1 Å². The van der Waals surface area contributed by atoms with Gasteiger partial charge in [0.05, 0.1) is 14.2 Å². The predicted octanol–water partition coefficient (Wildman–Crippen LogP) is 6.22. The summed E-state index contributed by atoms with van der Waals surface area (Å²) < 4.78 is 11.1. The molecule has 0 unspecified atom stereocenters. The summed E-state index contributed by atoms with van der Waals surface area (Å²) in [5.41, 5.74) is -0.0432. The van der Waals surface area contributed by atoms with Crippen LogP contribution in [0.25, 0.3) is 64.6 Å². The Kier molecular flexibility index (Phi) is 3.67. The van der Waals surface area contributed by atoms with E-state index in [0.29, 0.717) is 33.0 Å². The Balaban J connectivity index is 1.95. The van der Waals surface area contributed by atoms with Gasteiger partial charge in [0.1, 0.15) is 11.5 Å². The molecule has 7 aromatic carbocycles. The molecule has 34 heavy (non-hydrogen) atoms. The van der Waals surface area contributed by atoms with Gasteiger partial charge < -0.3 is 9.47 Å². The molecule has 4 nitrogen and oxygen atoms in total. The molecule has 0 spiro atoms. The highest BCUT2D eigenvalue weighted by Gasteiger charge is 2.22. The lowest BCUT2D eigenvalue weighted by atomic mass is 9.84. The Morgan fingerprint density at radius 1 is 0.471 bits per heavy atom. The quantitative estimate of drug-likeness (QED) is 0.236. The van der Waals surface area contributed by atoms with Gasteiger partial charge in [-0.1, -0.05) is 48.5 Å². The van der Waals surface area contributed by atoms with Gasteiger partial charge >= 0.3 is 0 Å². The molecule has 0 saturated heterocycles. The van der Waals surface area contributed by atoms with E-state index in [1.807, 2.05) is 66.7 Å². The molecule has 0 aliphatic rings. The number of hydrogen-bond acceptors (Lipinski definition) is 4. The third kappa shape index (κ3) is 2.17. The molecule has 0 atom stereocenters. The first-order valence-electron chi connectivity index (χ1n) is 11.1. The Bertz CT molecular complexity index is 2080. The van der Waals surface area contributed by atoms with Gasteiger partial charge in [0.15, 0.2) is 10.9 Å². The van der Waals surface area contributed by atoms with Crippen LogP contribution >= 0.6 is 0 Å². The Hall–Kier alpha value is -4.44. The van der Waals surface area contributed by atoms with Crippen molar-refractivity contribution < 1.29 is 9.47 Å². The highest BCUT2D eigenvalue weighted by Crippen LogP contribution is 2.45. The smallest absolute Gasteiger partial charge is 0.194 e. The van der Waals surface area contributed by atoms with Crippen LogP contribution in [0.5, 0.6) is 11.5 Å². The number of hydrogen-bond donors (Lipinski definition) is 0. The molecule has 0 aliphatic carbocycles. The largest absolute Gasteiger partial charge is 0.497 e. The molecule has 0 aliphatic heterocycles. The number of benzene rings is 7. The lowest BCUT2D eigenvalue weighted by Crippen LogP contribution is -2.07. The number of fused-ring (bicyclic) bond motifs is 6. The van der Waals surface area contributed by atoms with Crippen molar-refractivity contribution in [2.75, 3.05) is 14.2 Å². The molecule has 162 valence electrons. The van der Waals surface area contributed by atoms with Gasteiger partial charge in [0.25, 0.3) is 0 Å². The fourth-order valence-corrected chi connectivity index (χ4v) is 5.74. The number of methoxy groups -OCH3 is 2. The fourth-order valence-electron chi connectivity index (χ4n) is 5.74. The van der Waals surface area contributed by atoms with Gasteiger partial charge in [-0.05, 0) is 45.8 Å². The van der Waals surface area contributed by atoms with Crippen molar-refractivity contribution in [3.8, 4) is 11.5 Å². The SMILES string of the molecule is COc1ccc2c(c1)c(=O)c1cccc3c1c2c1cccc2c(=O)c4cccc(OC)c4c3c21. The van der Waals surface area contributed by atoms with Gasteiger partial charge in [-0.3, -0.25) is 9.59 Å². The minimum atomic E-state index is -0.0261. The van der Waals surface area contributed by atoms with Crippen molar-refractivity contribution in [1.29, 1.82) is 0 Å². The van der Waals surface area contributed by atoms with E-state index in [2.05, 4.69) is 0 Å². The van der Waals surface area contributed by atoms with Gasteiger partial charge in [-0.25, -0.2) is 0 Å². The summed E-state index contributed by atoms with van der Waals surface area (Å²) in [4.78, 5) is 27.3. The second-order valence-corrected chi connectivity index (χ2v) is 8.66. The molecule has 0 aromatic heterocycles. The second-order valence-electron chi connectivity index (χ2n) is 8.66. The average Bonchev–Trinajstić information content (AvgIpc) is 2.89. The number of ether oxygens (including phenoxy) is 2. The first kappa shape index (κ1) is 19.1. The third-order valence-electron chi connectivity index (χ3n) is 7.14. The second kappa shape index (κ2) is 6.55. The van der Waals surface area contributed by atoms with Crippen molar-refractivity contribution in [2.45, 2.75) is 0 Å². The van der Waals surface area contributed by atoms with Crippen molar-refractivity contribution >= 4 is 64.6 Å². The molecule has 0 amide bonds. The summed E-state index contributed by atoms with van der Waals surface area (Å²) in [6.45, 7) is 0. The van der Waals surface area contributed by atoms with E-state index in [4.69, 9.17) is 9.47 Å². The van der Waals surface area contributed by atoms with Crippen LogP contribution in [-0.2, 0) is 0 Å². The molecule has 7 aromatic rings. The topological polar surface area (TPSA) is 52.6 Å². The summed E-state index contributed by atoms with van der Waals surface area (Å²) in [6, 6.07) is 22.9. The highest BCUT2D eigenvalue weighted by molar-refractivity contribution is 6.42. The van der Waals surface area contributed by atoms with Crippen molar-refractivity contribution in [3.05, 3.63) is 93.2 Å². The molecule has 4 heteroatoms. The standard InChI is InChI=1S/C30H18O4/c1-33-15-12-13-16-22(14-15)30(32)19-8-4-7-18-25(19)24(16)17-6-3-9-20-26(17)28(18)27-21(29(20)31)10-5-11-23(27)34-2/h3-14H,1-2H3. The predicted molar refractivity (Wildman–Crippen MR) is 139 cm³/mol. The van der Waals surface area contributed by atoms with Crippen LogP contribution in [-0.4, -0.2) is 14.2 Å². The zero-order valence-corrected chi connectivity index (χ0v) is 18.6. The zero-order chi connectivity index (χ0) is 23.1. The van der Waals surface area contributed by atoms with Crippen molar-refractivity contribution in [1.82, 2.24) is 0 Å². The summed E-state index contributed by atoms with van der Waals surface area (Å²) in [5, 5.41) is 9.85. The van der Waals surface area contributed by atoms with Crippen LogP contribution in [0.1, 0.15) is 0 Å². The molecule has 0 fully saturated rings. The maximum Gasteiger partial charge on any atom is 0.194 e. The Morgan fingerprint density at radius 3 is 1.68 bits per heavy atom. The summed E-state index contributed by atoms with van der Waals surface area (Å²) in [5.74, 6) is 1.29. The summed E-state index contributed by atoms with van der Waals surface area (Å²) >= 11 is 0. The van der Waals surface area contributed by atoms with Crippen molar-refractivity contribution in [3.63, 3.8) is 0 Å². The third-order valence-corrected chi connectivity index (χ3v) is 7.14. The lowest BCUT2D eigenvalue weighted by Gasteiger charge is -2.18. The molecular formula is C30H18O4. The molecule has 0 saturated carbocycles.